The molecule has 0 radical (unpaired) electrons. The van der Waals surface area contributed by atoms with Crippen LogP contribution in [0, 0.1) is 5.92 Å². The molecular formula is C28H37ClN2O4. The second-order valence-corrected chi connectivity index (χ2v) is 9.53. The van der Waals surface area contributed by atoms with Gasteiger partial charge in [0.05, 0.1) is 13.7 Å². The number of carbonyl (C=O) groups excluding carboxylic acids is 2. The van der Waals surface area contributed by atoms with E-state index in [4.69, 9.17) is 21.1 Å². The lowest BCUT2D eigenvalue weighted by Gasteiger charge is -2.34. The number of nitrogens with zero attached hydrogens (tertiary/aromatic N) is 1. The SMILES string of the molecule is CCCOc1ccc(C(C(=O)NC2CCC(C)CC2)N(Cc2ccccc2)C(=O)CCl)cc1OC. The number of amides is 2. The molecule has 0 heterocycles. The highest BCUT2D eigenvalue weighted by Crippen LogP contribution is 2.34. The van der Waals surface area contributed by atoms with Gasteiger partial charge in [0.15, 0.2) is 11.5 Å². The van der Waals surface area contributed by atoms with Gasteiger partial charge in [0.1, 0.15) is 11.9 Å². The van der Waals surface area contributed by atoms with Crippen molar-refractivity contribution in [3.8, 4) is 11.5 Å². The quantitative estimate of drug-likeness (QED) is 0.414. The van der Waals surface area contributed by atoms with Gasteiger partial charge >= 0.3 is 0 Å². The van der Waals surface area contributed by atoms with Crippen LogP contribution in [0.1, 0.15) is 63.1 Å². The summed E-state index contributed by atoms with van der Waals surface area (Å²) in [7, 11) is 1.57. The Morgan fingerprint density at radius 2 is 1.80 bits per heavy atom. The third kappa shape index (κ3) is 7.38. The van der Waals surface area contributed by atoms with Crippen LogP contribution in [0.4, 0.5) is 0 Å². The zero-order valence-corrected chi connectivity index (χ0v) is 21.7. The maximum absolute atomic E-state index is 13.8. The minimum Gasteiger partial charge on any atom is -0.493 e. The number of carbonyl (C=O) groups is 2. The Balaban J connectivity index is 1.97. The molecule has 0 spiro atoms. The van der Waals surface area contributed by atoms with Crippen LogP contribution in [0.15, 0.2) is 48.5 Å². The molecular weight excluding hydrogens is 464 g/mol. The molecule has 3 rings (SSSR count). The third-order valence-corrected chi connectivity index (χ3v) is 6.75. The van der Waals surface area contributed by atoms with E-state index < -0.39 is 6.04 Å². The number of alkyl halides is 1. The highest BCUT2D eigenvalue weighted by Gasteiger charge is 2.33. The Morgan fingerprint density at radius 3 is 2.43 bits per heavy atom. The molecule has 2 aromatic rings. The van der Waals surface area contributed by atoms with E-state index in [9.17, 15) is 9.59 Å². The number of benzene rings is 2. The van der Waals surface area contributed by atoms with E-state index in [0.29, 0.717) is 29.6 Å². The van der Waals surface area contributed by atoms with Gasteiger partial charge in [-0.1, -0.05) is 50.2 Å². The zero-order valence-electron chi connectivity index (χ0n) is 21.0. The standard InChI is InChI=1S/C28H37ClN2O4/c1-4-16-35-24-15-12-22(17-25(24)34-3)27(28(33)30-23-13-10-20(2)11-14-23)31(26(32)18-29)19-21-8-6-5-7-9-21/h5-9,12,15,17,20,23,27H,4,10-11,13-14,16,18-19H2,1-3H3,(H,30,33). The molecule has 1 aliphatic carbocycles. The molecule has 35 heavy (non-hydrogen) atoms. The van der Waals surface area contributed by atoms with Crippen LogP contribution >= 0.6 is 11.6 Å². The number of nitrogens with one attached hydrogen (secondary N) is 1. The van der Waals surface area contributed by atoms with Gasteiger partial charge in [-0.25, -0.2) is 0 Å². The molecule has 6 nitrogen and oxygen atoms in total. The van der Waals surface area contributed by atoms with E-state index in [2.05, 4.69) is 12.2 Å². The monoisotopic (exact) mass is 500 g/mol. The number of ether oxygens (including phenoxy) is 2. The summed E-state index contributed by atoms with van der Waals surface area (Å²) in [4.78, 5) is 28.4. The molecule has 7 heteroatoms. The fraction of sp³-hybridized carbons (Fsp3) is 0.500. The van der Waals surface area contributed by atoms with Gasteiger partial charge in [-0.05, 0) is 61.3 Å². The molecule has 0 bridgehead atoms. The summed E-state index contributed by atoms with van der Waals surface area (Å²) in [5.74, 6) is 1.08. The van der Waals surface area contributed by atoms with Crippen LogP contribution in [-0.4, -0.2) is 42.4 Å². The molecule has 1 aliphatic rings. The smallest absolute Gasteiger partial charge is 0.247 e. The summed E-state index contributed by atoms with van der Waals surface area (Å²) < 4.78 is 11.4. The Bertz CT molecular complexity index is 961. The number of hydrogen-bond donors (Lipinski definition) is 1. The summed E-state index contributed by atoms with van der Waals surface area (Å²) in [5.41, 5.74) is 1.58. The molecule has 1 N–H and O–H groups in total. The second-order valence-electron chi connectivity index (χ2n) is 9.27. The van der Waals surface area contributed by atoms with Crippen molar-refractivity contribution in [3.63, 3.8) is 0 Å². The topological polar surface area (TPSA) is 67.9 Å². The van der Waals surface area contributed by atoms with Gasteiger partial charge in [-0.3, -0.25) is 9.59 Å². The van der Waals surface area contributed by atoms with Gasteiger partial charge < -0.3 is 19.7 Å². The fourth-order valence-corrected chi connectivity index (χ4v) is 4.68. The molecule has 2 aromatic carbocycles. The van der Waals surface area contributed by atoms with E-state index in [1.807, 2.05) is 43.3 Å². The van der Waals surface area contributed by atoms with Gasteiger partial charge in [-0.15, -0.1) is 11.6 Å². The summed E-state index contributed by atoms with van der Waals surface area (Å²) in [5, 5.41) is 3.22. The number of rotatable bonds is 11. The van der Waals surface area contributed by atoms with Crippen molar-refractivity contribution in [2.75, 3.05) is 19.6 Å². The first-order valence-electron chi connectivity index (χ1n) is 12.5. The van der Waals surface area contributed by atoms with Gasteiger partial charge in [-0.2, -0.15) is 0 Å². The lowest BCUT2D eigenvalue weighted by atomic mass is 9.87. The first-order chi connectivity index (χ1) is 17.0. The predicted molar refractivity (Wildman–Crippen MR) is 139 cm³/mol. The van der Waals surface area contributed by atoms with Crippen LogP contribution in [0.25, 0.3) is 0 Å². The number of halogens is 1. The van der Waals surface area contributed by atoms with Crippen LogP contribution in [0.5, 0.6) is 11.5 Å². The van der Waals surface area contributed by atoms with Crippen molar-refractivity contribution in [1.29, 1.82) is 0 Å². The van der Waals surface area contributed by atoms with Crippen molar-refractivity contribution >= 4 is 23.4 Å². The van der Waals surface area contributed by atoms with Crippen LogP contribution in [0.3, 0.4) is 0 Å². The Kier molecular flexibility index (Phi) is 10.3. The molecule has 1 atom stereocenters. The van der Waals surface area contributed by atoms with E-state index in [1.54, 1.807) is 24.1 Å². The molecule has 190 valence electrons. The van der Waals surface area contributed by atoms with Gasteiger partial charge in [0.2, 0.25) is 11.8 Å². The molecule has 0 aliphatic heterocycles. The van der Waals surface area contributed by atoms with Crippen molar-refractivity contribution in [1.82, 2.24) is 10.2 Å². The first-order valence-corrected chi connectivity index (χ1v) is 13.0. The van der Waals surface area contributed by atoms with E-state index in [-0.39, 0.29) is 30.3 Å². The maximum Gasteiger partial charge on any atom is 0.247 e. The minimum atomic E-state index is -0.852. The zero-order chi connectivity index (χ0) is 25.2. The van der Waals surface area contributed by atoms with E-state index in [1.165, 1.54) is 0 Å². The largest absolute Gasteiger partial charge is 0.493 e. The normalized spacial score (nSPS) is 18.4. The summed E-state index contributed by atoms with van der Waals surface area (Å²) in [6.07, 6.45) is 4.91. The molecule has 1 unspecified atom stereocenters. The Morgan fingerprint density at radius 1 is 1.09 bits per heavy atom. The van der Waals surface area contributed by atoms with Crippen LogP contribution in [0.2, 0.25) is 0 Å². The highest BCUT2D eigenvalue weighted by molar-refractivity contribution is 6.27. The molecule has 1 fully saturated rings. The second kappa shape index (κ2) is 13.4. The molecule has 0 aromatic heterocycles. The third-order valence-electron chi connectivity index (χ3n) is 6.52. The summed E-state index contributed by atoms with van der Waals surface area (Å²) in [6, 6.07) is 14.3. The number of hydrogen-bond acceptors (Lipinski definition) is 4. The van der Waals surface area contributed by atoms with Crippen molar-refractivity contribution in [2.45, 2.75) is 64.6 Å². The van der Waals surface area contributed by atoms with E-state index >= 15 is 0 Å². The fourth-order valence-electron chi connectivity index (χ4n) is 4.52. The Labute approximate surface area is 213 Å². The van der Waals surface area contributed by atoms with Crippen molar-refractivity contribution < 1.29 is 19.1 Å². The van der Waals surface area contributed by atoms with Gasteiger partial charge in [0.25, 0.3) is 0 Å². The maximum atomic E-state index is 13.8. The lowest BCUT2D eigenvalue weighted by molar-refractivity contribution is -0.140. The molecule has 1 saturated carbocycles. The van der Waals surface area contributed by atoms with Crippen LogP contribution < -0.4 is 14.8 Å². The number of methoxy groups -OCH3 is 1. The minimum absolute atomic E-state index is 0.0972. The Hall–Kier alpha value is -2.73. The average Bonchev–Trinajstić information content (AvgIpc) is 2.88. The van der Waals surface area contributed by atoms with Crippen molar-refractivity contribution in [2.24, 2.45) is 5.92 Å². The average molecular weight is 501 g/mol. The van der Waals surface area contributed by atoms with E-state index in [0.717, 1.165) is 37.7 Å². The summed E-state index contributed by atoms with van der Waals surface area (Å²) in [6.45, 7) is 5.11. The molecule has 0 saturated heterocycles. The van der Waals surface area contributed by atoms with Crippen LogP contribution in [-0.2, 0) is 16.1 Å². The lowest BCUT2D eigenvalue weighted by Crippen LogP contribution is -2.47. The molecule has 2 amide bonds. The highest BCUT2D eigenvalue weighted by atomic mass is 35.5. The summed E-state index contributed by atoms with van der Waals surface area (Å²) >= 11 is 6.03. The first kappa shape index (κ1) is 26.9. The van der Waals surface area contributed by atoms with Gasteiger partial charge in [0, 0.05) is 12.6 Å². The van der Waals surface area contributed by atoms with Crippen molar-refractivity contribution in [3.05, 3.63) is 59.7 Å². The predicted octanol–water partition coefficient (Wildman–Crippen LogP) is 5.49.